The summed E-state index contributed by atoms with van der Waals surface area (Å²) in [7, 11) is -3.12. The van der Waals surface area contributed by atoms with Gasteiger partial charge in [-0.3, -0.25) is 0 Å². The molecule has 2 N–H and O–H groups in total. The highest BCUT2D eigenvalue weighted by atomic mass is 32.2. The highest BCUT2D eigenvalue weighted by Crippen LogP contribution is 2.36. The zero-order valence-electron chi connectivity index (χ0n) is 11.3. The lowest BCUT2D eigenvalue weighted by atomic mass is 9.89. The minimum absolute atomic E-state index is 0.168. The summed E-state index contributed by atoms with van der Waals surface area (Å²) < 4.78 is 26.3. The molecule has 0 spiro atoms. The van der Waals surface area contributed by atoms with E-state index in [1.54, 1.807) is 0 Å². The molecule has 0 unspecified atom stereocenters. The first-order valence-electron chi connectivity index (χ1n) is 6.54. The second-order valence-electron chi connectivity index (χ2n) is 5.77. The van der Waals surface area contributed by atoms with Crippen LogP contribution in [0.15, 0.2) is 0 Å². The molecule has 1 aliphatic rings. The second-order valence-corrected chi connectivity index (χ2v) is 7.69. The van der Waals surface area contributed by atoms with Crippen LogP contribution in [0.3, 0.4) is 0 Å². The maximum atomic E-state index is 11.8. The molecule has 0 bridgehead atoms. The van der Waals surface area contributed by atoms with Gasteiger partial charge in [-0.05, 0) is 18.3 Å². The fraction of sp³-hybridized carbons (Fsp3) is 1.00. The zero-order chi connectivity index (χ0) is 12.9. The van der Waals surface area contributed by atoms with Crippen LogP contribution >= 0.6 is 0 Å². The number of nitrogens with one attached hydrogen (secondary N) is 2. The van der Waals surface area contributed by atoms with E-state index in [0.29, 0.717) is 19.1 Å². The first-order chi connectivity index (χ1) is 7.83. The van der Waals surface area contributed by atoms with Crippen molar-refractivity contribution in [3.63, 3.8) is 0 Å². The van der Waals surface area contributed by atoms with Gasteiger partial charge in [0.1, 0.15) is 0 Å². The predicted molar refractivity (Wildman–Crippen MR) is 71.5 cm³/mol. The van der Waals surface area contributed by atoms with Crippen LogP contribution in [-0.4, -0.2) is 33.3 Å². The SMILES string of the molecule is CC(C)NCCS(=O)(=O)NCC1(C)CCCC1. The molecule has 1 saturated carbocycles. The molecule has 0 saturated heterocycles. The number of hydrogen-bond acceptors (Lipinski definition) is 3. The van der Waals surface area contributed by atoms with Gasteiger partial charge in [0, 0.05) is 19.1 Å². The topological polar surface area (TPSA) is 58.2 Å². The highest BCUT2D eigenvalue weighted by Gasteiger charge is 2.29. The van der Waals surface area contributed by atoms with Gasteiger partial charge in [0.2, 0.25) is 10.0 Å². The molecular formula is C12H26N2O2S. The summed E-state index contributed by atoms with van der Waals surface area (Å²) in [5.74, 6) is 0.168. The molecule has 1 aliphatic carbocycles. The van der Waals surface area contributed by atoms with Crippen LogP contribution in [0, 0.1) is 5.41 Å². The fourth-order valence-corrected chi connectivity index (χ4v) is 3.34. The Morgan fingerprint density at radius 1 is 1.24 bits per heavy atom. The monoisotopic (exact) mass is 262 g/mol. The summed E-state index contributed by atoms with van der Waals surface area (Å²) in [6.07, 6.45) is 4.74. The summed E-state index contributed by atoms with van der Waals surface area (Å²) in [5.41, 5.74) is 0.179. The van der Waals surface area contributed by atoms with E-state index >= 15 is 0 Å². The van der Waals surface area contributed by atoms with Crippen LogP contribution in [0.4, 0.5) is 0 Å². The molecule has 0 amide bonds. The van der Waals surface area contributed by atoms with Crippen molar-refractivity contribution >= 4 is 10.0 Å². The quantitative estimate of drug-likeness (QED) is 0.731. The molecule has 102 valence electrons. The fourth-order valence-electron chi connectivity index (χ4n) is 2.24. The Balaban J connectivity index is 2.29. The van der Waals surface area contributed by atoms with E-state index in [-0.39, 0.29) is 11.2 Å². The predicted octanol–water partition coefficient (Wildman–Crippen LogP) is 1.48. The lowest BCUT2D eigenvalue weighted by molar-refractivity contribution is 0.336. The third-order valence-corrected chi connectivity index (χ3v) is 4.78. The van der Waals surface area contributed by atoms with E-state index in [2.05, 4.69) is 17.0 Å². The number of sulfonamides is 1. The lowest BCUT2D eigenvalue weighted by Gasteiger charge is -2.23. The summed E-state index contributed by atoms with van der Waals surface area (Å²) in [4.78, 5) is 0. The molecule has 1 rings (SSSR count). The molecule has 0 heterocycles. The van der Waals surface area contributed by atoms with Crippen molar-refractivity contribution in [2.75, 3.05) is 18.8 Å². The van der Waals surface area contributed by atoms with Gasteiger partial charge in [-0.15, -0.1) is 0 Å². The maximum Gasteiger partial charge on any atom is 0.212 e. The molecule has 0 aliphatic heterocycles. The van der Waals surface area contributed by atoms with Crippen molar-refractivity contribution in [1.82, 2.24) is 10.0 Å². The average molecular weight is 262 g/mol. The van der Waals surface area contributed by atoms with E-state index in [4.69, 9.17) is 0 Å². The normalized spacial score (nSPS) is 20.0. The van der Waals surface area contributed by atoms with Gasteiger partial charge < -0.3 is 5.32 Å². The summed E-state index contributed by atoms with van der Waals surface area (Å²) in [6, 6.07) is 0.331. The third-order valence-electron chi connectivity index (χ3n) is 3.45. The van der Waals surface area contributed by atoms with Crippen molar-refractivity contribution < 1.29 is 8.42 Å². The average Bonchev–Trinajstić information content (AvgIpc) is 2.63. The van der Waals surface area contributed by atoms with Crippen LogP contribution in [0.5, 0.6) is 0 Å². The van der Waals surface area contributed by atoms with Gasteiger partial charge in [0.25, 0.3) is 0 Å². The third kappa shape index (κ3) is 5.84. The molecular weight excluding hydrogens is 236 g/mol. The van der Waals surface area contributed by atoms with Crippen LogP contribution in [-0.2, 0) is 10.0 Å². The van der Waals surface area contributed by atoms with Crippen LogP contribution < -0.4 is 10.0 Å². The molecule has 5 heteroatoms. The van der Waals surface area contributed by atoms with Crippen molar-refractivity contribution in [3.8, 4) is 0 Å². The first kappa shape index (κ1) is 14.9. The van der Waals surface area contributed by atoms with Crippen LogP contribution in [0.1, 0.15) is 46.5 Å². The van der Waals surface area contributed by atoms with Gasteiger partial charge in [-0.25, -0.2) is 13.1 Å². The molecule has 0 atom stereocenters. The van der Waals surface area contributed by atoms with E-state index in [1.165, 1.54) is 12.8 Å². The molecule has 0 aromatic rings. The zero-order valence-corrected chi connectivity index (χ0v) is 12.1. The Morgan fingerprint density at radius 2 is 1.82 bits per heavy atom. The Bertz CT molecular complexity index is 319. The maximum absolute atomic E-state index is 11.8. The summed E-state index contributed by atoms with van der Waals surface area (Å²) >= 11 is 0. The number of rotatable bonds is 7. The molecule has 17 heavy (non-hydrogen) atoms. The first-order valence-corrected chi connectivity index (χ1v) is 8.19. The van der Waals surface area contributed by atoms with Gasteiger partial charge in [-0.2, -0.15) is 0 Å². The number of hydrogen-bond donors (Lipinski definition) is 2. The smallest absolute Gasteiger partial charge is 0.212 e. The Kier molecular flexibility index (Phi) is 5.41. The van der Waals surface area contributed by atoms with Crippen molar-refractivity contribution in [3.05, 3.63) is 0 Å². The molecule has 0 aromatic heterocycles. The van der Waals surface area contributed by atoms with Gasteiger partial charge >= 0.3 is 0 Å². The van der Waals surface area contributed by atoms with Gasteiger partial charge in [0.05, 0.1) is 5.75 Å². The van der Waals surface area contributed by atoms with Gasteiger partial charge in [-0.1, -0.05) is 33.6 Å². The Labute approximate surface area is 106 Å². The van der Waals surface area contributed by atoms with E-state index in [0.717, 1.165) is 12.8 Å². The molecule has 0 aromatic carbocycles. The van der Waals surface area contributed by atoms with Crippen LogP contribution in [0.2, 0.25) is 0 Å². The van der Waals surface area contributed by atoms with Crippen molar-refractivity contribution in [1.29, 1.82) is 0 Å². The van der Waals surface area contributed by atoms with Crippen LogP contribution in [0.25, 0.3) is 0 Å². The molecule has 1 fully saturated rings. The largest absolute Gasteiger partial charge is 0.313 e. The Hall–Kier alpha value is -0.130. The van der Waals surface area contributed by atoms with E-state index in [9.17, 15) is 8.42 Å². The molecule has 4 nitrogen and oxygen atoms in total. The van der Waals surface area contributed by atoms with Gasteiger partial charge in [0.15, 0.2) is 0 Å². The summed E-state index contributed by atoms with van der Waals surface area (Å²) in [6.45, 7) is 7.31. The standard InChI is InChI=1S/C12H26N2O2S/c1-11(2)13-8-9-17(15,16)14-10-12(3)6-4-5-7-12/h11,13-14H,4-10H2,1-3H3. The molecule has 0 radical (unpaired) electrons. The summed E-state index contributed by atoms with van der Waals surface area (Å²) in [5, 5.41) is 3.12. The van der Waals surface area contributed by atoms with Crippen molar-refractivity contribution in [2.24, 2.45) is 5.41 Å². The van der Waals surface area contributed by atoms with E-state index < -0.39 is 10.0 Å². The lowest BCUT2D eigenvalue weighted by Crippen LogP contribution is -2.38. The minimum Gasteiger partial charge on any atom is -0.313 e. The minimum atomic E-state index is -3.12. The van der Waals surface area contributed by atoms with E-state index in [1.807, 2.05) is 13.8 Å². The van der Waals surface area contributed by atoms with Crippen molar-refractivity contribution in [2.45, 2.75) is 52.5 Å². The highest BCUT2D eigenvalue weighted by molar-refractivity contribution is 7.89. The Morgan fingerprint density at radius 3 is 2.35 bits per heavy atom. The second kappa shape index (κ2) is 6.16.